The molecule has 14 atom stereocenters. The van der Waals surface area contributed by atoms with Gasteiger partial charge in [-0.25, -0.2) is 0 Å². The predicted molar refractivity (Wildman–Crippen MR) is 77.6 cm³/mol. The fraction of sp³-hybridized carbons (Fsp3) is 0.800. The Morgan fingerprint density at radius 2 is 1.18 bits per heavy atom. The molecule has 0 saturated heterocycles. The van der Waals surface area contributed by atoms with Crippen LogP contribution < -0.4 is 0 Å². The van der Waals surface area contributed by atoms with Gasteiger partial charge in [0.15, 0.2) is 0 Å². The van der Waals surface area contributed by atoms with Gasteiger partial charge in [-0.1, -0.05) is 24.3 Å². The highest BCUT2D eigenvalue weighted by Gasteiger charge is 3.11. The van der Waals surface area contributed by atoms with Gasteiger partial charge >= 0.3 is 0 Å². The summed E-state index contributed by atoms with van der Waals surface area (Å²) in [5, 5.41) is 10.1. The fourth-order valence-electron chi connectivity index (χ4n) is 13.2. The number of hydrogen-bond donors (Lipinski definition) is 0. The summed E-state index contributed by atoms with van der Waals surface area (Å²) in [7, 11) is 0. The van der Waals surface area contributed by atoms with Gasteiger partial charge in [0.2, 0.25) is 0 Å². The molecule has 2 unspecified atom stereocenters. The van der Waals surface area contributed by atoms with E-state index in [1.807, 2.05) is 0 Å². The maximum absolute atomic E-state index is 5.04. The molecule has 0 amide bonds. The Bertz CT molecular complexity index is 803. The van der Waals surface area contributed by atoms with Crippen molar-refractivity contribution in [2.75, 3.05) is 0 Å². The predicted octanol–water partition coefficient (Wildman–Crippen LogP) is 3.08. The molecular weight excluding hydrogens is 268 g/mol. The number of allylic oxidation sites excluding steroid dienone is 2. The summed E-state index contributed by atoms with van der Waals surface area (Å²) in [6.45, 7) is 0. The zero-order valence-corrected chi connectivity index (χ0v) is 12.4. The molecule has 8 saturated carbocycles. The summed E-state index contributed by atoms with van der Waals surface area (Å²) in [6.07, 6.45) is 14.1. The minimum Gasteiger partial charge on any atom is -0.189 e. The lowest BCUT2D eigenvalue weighted by atomic mass is 9.17. The molecule has 2 heterocycles. The average molecular weight is 286 g/mol. The standard InChI is InChI=1S/C20H18N2/c1-3-17-9-5-11-14-12-6-10(13(9)14)18(17)4-2-8-7(1)15-19(11,17)20(12,18)16(8)22-21-15/h1-4,7-16H,5-6H2/t7-,8+,9-,10+,11+,12-,13?,14?,15-,16-,17+,18+,19+,20-/m0/s1. The van der Waals surface area contributed by atoms with Gasteiger partial charge < -0.3 is 0 Å². The first-order valence-electron chi connectivity index (χ1n) is 9.66. The summed E-state index contributed by atoms with van der Waals surface area (Å²) in [6, 6.07) is 1.15. The van der Waals surface area contributed by atoms with E-state index in [0.717, 1.165) is 35.5 Å². The Morgan fingerprint density at radius 1 is 0.682 bits per heavy atom. The van der Waals surface area contributed by atoms with Crippen molar-refractivity contribution in [1.29, 1.82) is 0 Å². The van der Waals surface area contributed by atoms with Gasteiger partial charge in [-0.2, -0.15) is 10.2 Å². The van der Waals surface area contributed by atoms with Crippen molar-refractivity contribution in [3.8, 4) is 0 Å². The van der Waals surface area contributed by atoms with E-state index < -0.39 is 0 Å². The number of nitrogens with zero attached hydrogens (tertiary/aromatic N) is 2. The highest BCUT2D eigenvalue weighted by Crippen LogP contribution is 3.12. The average Bonchev–Trinajstić information content (AvgIpc) is 3.20. The summed E-state index contributed by atoms with van der Waals surface area (Å²) in [4.78, 5) is 0. The SMILES string of the molecule is C1=C[C@@]23[C@@H]4C[C@H]5C6C4[C@@H]4C[C@H]6[C@@]67[C@H]8N=N[C@@H]([C@H]1[C@@H]8C=C[C@@]426)[C@@]537. The van der Waals surface area contributed by atoms with Crippen molar-refractivity contribution in [3.63, 3.8) is 0 Å². The zero-order chi connectivity index (χ0) is 13.4. The van der Waals surface area contributed by atoms with Gasteiger partial charge in [-0.15, -0.1) is 0 Å². The summed E-state index contributed by atoms with van der Waals surface area (Å²) >= 11 is 0. The third-order valence-electron chi connectivity index (χ3n) is 12.0. The minimum atomic E-state index is 0.544. The topological polar surface area (TPSA) is 24.7 Å². The molecule has 10 aliphatic carbocycles. The van der Waals surface area contributed by atoms with E-state index in [1.54, 1.807) is 12.8 Å². The quantitative estimate of drug-likeness (QED) is 0.611. The van der Waals surface area contributed by atoms with Crippen molar-refractivity contribution >= 4 is 0 Å². The molecule has 0 aromatic rings. The van der Waals surface area contributed by atoms with Crippen LogP contribution in [0.25, 0.3) is 0 Å². The molecule has 22 heavy (non-hydrogen) atoms. The van der Waals surface area contributed by atoms with E-state index in [9.17, 15) is 0 Å². The van der Waals surface area contributed by atoms with Crippen LogP contribution in [0, 0.1) is 69.0 Å². The third-order valence-corrected chi connectivity index (χ3v) is 12.0. The molecule has 0 aromatic carbocycles. The van der Waals surface area contributed by atoms with Crippen LogP contribution in [0.3, 0.4) is 0 Å². The van der Waals surface area contributed by atoms with Gasteiger partial charge in [-0.3, -0.25) is 0 Å². The van der Waals surface area contributed by atoms with Crippen LogP contribution in [0.2, 0.25) is 0 Å². The van der Waals surface area contributed by atoms with Gasteiger partial charge in [-0.05, 0) is 48.3 Å². The molecule has 8 fully saturated rings. The van der Waals surface area contributed by atoms with E-state index in [4.69, 9.17) is 10.2 Å². The first kappa shape index (κ1) is 9.39. The molecule has 2 aliphatic heterocycles. The van der Waals surface area contributed by atoms with Crippen molar-refractivity contribution in [3.05, 3.63) is 24.3 Å². The van der Waals surface area contributed by atoms with Crippen molar-refractivity contribution < 1.29 is 0 Å². The maximum Gasteiger partial charge on any atom is 0.0851 e. The van der Waals surface area contributed by atoms with E-state index in [2.05, 4.69) is 24.3 Å². The molecule has 2 nitrogen and oxygen atoms in total. The highest BCUT2D eigenvalue weighted by atomic mass is 15.3. The van der Waals surface area contributed by atoms with Crippen molar-refractivity contribution in [2.24, 2.45) is 79.2 Å². The fourth-order valence-corrected chi connectivity index (χ4v) is 13.2. The summed E-state index contributed by atoms with van der Waals surface area (Å²) in [5.74, 6) is 7.74. The Hall–Kier alpha value is -0.920. The maximum atomic E-state index is 5.04. The Kier molecular flexibility index (Phi) is 0.837. The lowest BCUT2D eigenvalue weighted by molar-refractivity contribution is -0.344. The second-order valence-corrected chi connectivity index (χ2v) is 10.5. The molecule has 10 bridgehead atoms. The minimum absolute atomic E-state index is 0.544. The van der Waals surface area contributed by atoms with E-state index in [0.29, 0.717) is 45.6 Å². The van der Waals surface area contributed by atoms with E-state index in [1.165, 1.54) is 0 Å². The van der Waals surface area contributed by atoms with Crippen molar-refractivity contribution in [2.45, 2.75) is 24.9 Å². The second-order valence-electron chi connectivity index (χ2n) is 10.5. The third kappa shape index (κ3) is 0.380. The summed E-state index contributed by atoms with van der Waals surface area (Å²) in [5.41, 5.74) is 2.27. The lowest BCUT2D eigenvalue weighted by Gasteiger charge is -2.86. The largest absolute Gasteiger partial charge is 0.189 e. The number of hydrogen-bond acceptors (Lipinski definition) is 2. The molecule has 12 rings (SSSR count). The Morgan fingerprint density at radius 3 is 1.73 bits per heavy atom. The first-order chi connectivity index (χ1) is 10.9. The van der Waals surface area contributed by atoms with Crippen LogP contribution in [0.15, 0.2) is 34.5 Å². The molecule has 4 spiro atoms. The van der Waals surface area contributed by atoms with Gasteiger partial charge in [0.25, 0.3) is 0 Å². The molecule has 0 N–H and O–H groups in total. The normalized spacial score (nSPS) is 90.5. The van der Waals surface area contributed by atoms with Crippen LogP contribution in [0.1, 0.15) is 12.8 Å². The van der Waals surface area contributed by atoms with E-state index >= 15 is 0 Å². The molecule has 2 heteroatoms. The number of azo groups is 1. The van der Waals surface area contributed by atoms with Crippen LogP contribution in [-0.2, 0) is 0 Å². The van der Waals surface area contributed by atoms with Gasteiger partial charge in [0.1, 0.15) is 0 Å². The smallest absolute Gasteiger partial charge is 0.0851 e. The summed E-state index contributed by atoms with van der Waals surface area (Å²) < 4.78 is 0. The van der Waals surface area contributed by atoms with Crippen molar-refractivity contribution in [1.82, 2.24) is 0 Å². The highest BCUT2D eigenvalue weighted by molar-refractivity contribution is 5.65. The Labute approximate surface area is 129 Å². The molecular formula is C20H18N2. The van der Waals surface area contributed by atoms with Crippen LogP contribution in [0.4, 0.5) is 0 Å². The second kappa shape index (κ2) is 1.96. The zero-order valence-electron chi connectivity index (χ0n) is 12.4. The van der Waals surface area contributed by atoms with Crippen LogP contribution in [-0.4, -0.2) is 12.1 Å². The molecule has 12 aliphatic rings. The monoisotopic (exact) mass is 286 g/mol. The van der Waals surface area contributed by atoms with Crippen LogP contribution >= 0.6 is 0 Å². The lowest BCUT2D eigenvalue weighted by Crippen LogP contribution is -2.88. The Balaban J connectivity index is 1.59. The van der Waals surface area contributed by atoms with E-state index in [-0.39, 0.29) is 0 Å². The molecule has 0 radical (unpaired) electrons. The molecule has 0 aromatic heterocycles. The molecule has 108 valence electrons. The first-order valence-corrected chi connectivity index (χ1v) is 9.66. The van der Waals surface area contributed by atoms with Gasteiger partial charge in [0.05, 0.1) is 12.1 Å². The van der Waals surface area contributed by atoms with Gasteiger partial charge in [0, 0.05) is 33.5 Å². The number of rotatable bonds is 0. The van der Waals surface area contributed by atoms with Crippen LogP contribution in [0.5, 0.6) is 0 Å².